The van der Waals surface area contributed by atoms with Crippen molar-refractivity contribution in [3.63, 3.8) is 0 Å². The molecule has 1 atom stereocenters. The molecule has 0 aliphatic carbocycles. The molecule has 0 heterocycles. The van der Waals surface area contributed by atoms with E-state index in [9.17, 15) is 4.21 Å². The van der Waals surface area contributed by atoms with E-state index < -0.39 is 10.8 Å². The number of nitrogens with one attached hydrogen (secondary N) is 1. The topological polar surface area (TPSA) is 29.1 Å². The van der Waals surface area contributed by atoms with Crippen LogP contribution in [0.15, 0.2) is 58.3 Å². The summed E-state index contributed by atoms with van der Waals surface area (Å²) in [7, 11) is -1.20. The maximum atomic E-state index is 12.4. The molecule has 1 unspecified atom stereocenters. The maximum absolute atomic E-state index is 12.4. The number of rotatable bonds is 3. The van der Waals surface area contributed by atoms with Gasteiger partial charge in [-0.15, -0.1) is 0 Å². The molecule has 4 heteroatoms. The molecule has 0 fully saturated rings. The monoisotopic (exact) mass is 307 g/mol. The predicted octanol–water partition coefficient (Wildman–Crippen LogP) is 4.72. The molecule has 0 amide bonds. The van der Waals surface area contributed by atoms with Crippen molar-refractivity contribution < 1.29 is 4.21 Å². The summed E-state index contributed by atoms with van der Waals surface area (Å²) in [4.78, 5) is 1.49. The van der Waals surface area contributed by atoms with Gasteiger partial charge in [-0.25, -0.2) is 4.21 Å². The molecule has 2 aromatic carbocycles. The molecule has 0 spiro atoms. The molecule has 0 saturated heterocycles. The van der Waals surface area contributed by atoms with Gasteiger partial charge >= 0.3 is 0 Å². The van der Waals surface area contributed by atoms with E-state index in [-0.39, 0.29) is 5.54 Å². The normalized spacial score (nSPS) is 13.0. The molecule has 0 aliphatic rings. The van der Waals surface area contributed by atoms with Gasteiger partial charge < -0.3 is 5.32 Å². The van der Waals surface area contributed by atoms with Crippen LogP contribution < -0.4 is 5.32 Å². The summed E-state index contributed by atoms with van der Waals surface area (Å²) in [6.07, 6.45) is 0. The van der Waals surface area contributed by atoms with E-state index in [0.29, 0.717) is 9.92 Å². The van der Waals surface area contributed by atoms with Gasteiger partial charge in [0.15, 0.2) is 0 Å². The van der Waals surface area contributed by atoms with Crippen LogP contribution in [0.2, 0.25) is 5.02 Å². The average Bonchev–Trinajstić information content (AvgIpc) is 2.37. The minimum Gasteiger partial charge on any atom is -0.380 e. The van der Waals surface area contributed by atoms with Crippen molar-refractivity contribution in [1.29, 1.82) is 0 Å². The molecule has 2 aromatic rings. The quantitative estimate of drug-likeness (QED) is 0.889. The summed E-state index contributed by atoms with van der Waals surface area (Å²) in [5.41, 5.74) is 1.03. The van der Waals surface area contributed by atoms with E-state index in [1.165, 1.54) is 0 Å². The molecule has 0 aliphatic heterocycles. The molecule has 0 bridgehead atoms. The Bertz CT molecular complexity index is 617. The summed E-state index contributed by atoms with van der Waals surface area (Å²) < 4.78 is 12.4. The second-order valence-corrected chi connectivity index (χ2v) is 7.54. The maximum Gasteiger partial charge on any atom is 0.0850 e. The molecule has 1 N–H and O–H groups in total. The summed E-state index contributed by atoms with van der Waals surface area (Å²) in [6, 6.07) is 14.8. The Hall–Kier alpha value is -1.32. The van der Waals surface area contributed by atoms with E-state index in [4.69, 9.17) is 11.6 Å². The highest BCUT2D eigenvalue weighted by atomic mass is 35.5. The van der Waals surface area contributed by atoms with Crippen molar-refractivity contribution in [2.45, 2.75) is 36.1 Å². The lowest BCUT2D eigenvalue weighted by Gasteiger charge is -2.22. The van der Waals surface area contributed by atoms with Crippen LogP contribution in [0.4, 0.5) is 5.69 Å². The van der Waals surface area contributed by atoms with Crippen molar-refractivity contribution in [3.8, 4) is 0 Å². The SMILES string of the molecule is CC(C)(C)Nc1ccc(S(=O)c2cccc(Cl)c2)cc1. The highest BCUT2D eigenvalue weighted by Crippen LogP contribution is 2.22. The minimum absolute atomic E-state index is 0.00756. The lowest BCUT2D eigenvalue weighted by Crippen LogP contribution is -2.25. The summed E-state index contributed by atoms with van der Waals surface area (Å²) in [5.74, 6) is 0. The first-order valence-electron chi connectivity index (χ1n) is 6.41. The number of anilines is 1. The van der Waals surface area contributed by atoms with Gasteiger partial charge in [-0.05, 0) is 63.2 Å². The number of halogens is 1. The molecule has 2 rings (SSSR count). The highest BCUT2D eigenvalue weighted by Gasteiger charge is 2.11. The van der Waals surface area contributed by atoms with Crippen molar-refractivity contribution in [2.24, 2.45) is 0 Å². The molecular formula is C16H18ClNOS. The van der Waals surface area contributed by atoms with Crippen LogP contribution in [-0.4, -0.2) is 9.75 Å². The first kappa shape index (κ1) is 15.1. The van der Waals surface area contributed by atoms with Crippen LogP contribution in [-0.2, 0) is 10.8 Å². The summed E-state index contributed by atoms with van der Waals surface area (Å²) in [5, 5.41) is 3.98. The zero-order valence-electron chi connectivity index (χ0n) is 11.8. The van der Waals surface area contributed by atoms with Crippen LogP contribution in [0.1, 0.15) is 20.8 Å². The zero-order valence-corrected chi connectivity index (χ0v) is 13.4. The van der Waals surface area contributed by atoms with Gasteiger partial charge in [0, 0.05) is 26.0 Å². The van der Waals surface area contributed by atoms with Crippen molar-refractivity contribution in [3.05, 3.63) is 53.6 Å². The van der Waals surface area contributed by atoms with Gasteiger partial charge in [0.1, 0.15) is 0 Å². The second kappa shape index (κ2) is 5.98. The van der Waals surface area contributed by atoms with Crippen LogP contribution in [0.25, 0.3) is 0 Å². The zero-order chi connectivity index (χ0) is 14.8. The van der Waals surface area contributed by atoms with Crippen LogP contribution in [0.5, 0.6) is 0 Å². The van der Waals surface area contributed by atoms with E-state index in [2.05, 4.69) is 26.1 Å². The van der Waals surface area contributed by atoms with Gasteiger partial charge in [-0.2, -0.15) is 0 Å². The number of hydrogen-bond acceptors (Lipinski definition) is 2. The van der Waals surface area contributed by atoms with Gasteiger partial charge in [-0.3, -0.25) is 0 Å². The first-order chi connectivity index (χ1) is 9.35. The van der Waals surface area contributed by atoms with Gasteiger partial charge in [0.25, 0.3) is 0 Å². The largest absolute Gasteiger partial charge is 0.380 e. The number of hydrogen-bond donors (Lipinski definition) is 1. The summed E-state index contributed by atoms with van der Waals surface area (Å²) in [6.45, 7) is 6.31. The van der Waals surface area contributed by atoms with E-state index in [0.717, 1.165) is 10.6 Å². The van der Waals surface area contributed by atoms with Crippen LogP contribution >= 0.6 is 11.6 Å². The number of benzene rings is 2. The Morgan fingerprint density at radius 1 is 1.00 bits per heavy atom. The third-order valence-electron chi connectivity index (χ3n) is 2.60. The third-order valence-corrected chi connectivity index (χ3v) is 4.22. The van der Waals surface area contributed by atoms with Crippen LogP contribution in [0, 0.1) is 0 Å². The Labute approximate surface area is 127 Å². The van der Waals surface area contributed by atoms with E-state index >= 15 is 0 Å². The molecule has 0 aromatic heterocycles. The van der Waals surface area contributed by atoms with Crippen molar-refractivity contribution in [2.75, 3.05) is 5.32 Å². The second-order valence-electron chi connectivity index (χ2n) is 5.63. The Morgan fingerprint density at radius 3 is 2.20 bits per heavy atom. The fourth-order valence-corrected chi connectivity index (χ4v) is 3.16. The average molecular weight is 308 g/mol. The third kappa shape index (κ3) is 4.09. The van der Waals surface area contributed by atoms with E-state index in [1.807, 2.05) is 36.4 Å². The highest BCUT2D eigenvalue weighted by molar-refractivity contribution is 7.85. The summed E-state index contributed by atoms with van der Waals surface area (Å²) >= 11 is 5.93. The lowest BCUT2D eigenvalue weighted by molar-refractivity contribution is 0.634. The molecule has 0 radical (unpaired) electrons. The van der Waals surface area contributed by atoms with Gasteiger partial charge in [-0.1, -0.05) is 17.7 Å². The molecular weight excluding hydrogens is 290 g/mol. The Kier molecular flexibility index (Phi) is 4.51. The molecule has 0 saturated carbocycles. The Morgan fingerprint density at radius 2 is 1.65 bits per heavy atom. The van der Waals surface area contributed by atoms with Gasteiger partial charge in [0.05, 0.1) is 10.8 Å². The molecule has 20 heavy (non-hydrogen) atoms. The van der Waals surface area contributed by atoms with E-state index in [1.54, 1.807) is 12.1 Å². The fraction of sp³-hybridized carbons (Fsp3) is 0.250. The fourth-order valence-electron chi connectivity index (χ4n) is 1.81. The first-order valence-corrected chi connectivity index (χ1v) is 7.93. The minimum atomic E-state index is -1.20. The van der Waals surface area contributed by atoms with Crippen molar-refractivity contribution >= 4 is 28.1 Å². The predicted molar refractivity (Wildman–Crippen MR) is 85.9 cm³/mol. The smallest absolute Gasteiger partial charge is 0.0850 e. The standard InChI is InChI=1S/C16H18ClNOS/c1-16(2,3)18-13-7-9-14(10-8-13)20(19)15-6-4-5-12(17)11-15/h4-11,18H,1-3H3. The lowest BCUT2D eigenvalue weighted by atomic mass is 10.1. The Balaban J connectivity index is 2.20. The van der Waals surface area contributed by atoms with Crippen LogP contribution in [0.3, 0.4) is 0 Å². The van der Waals surface area contributed by atoms with Crippen molar-refractivity contribution in [1.82, 2.24) is 0 Å². The molecule has 106 valence electrons. The van der Waals surface area contributed by atoms with Gasteiger partial charge in [0.2, 0.25) is 0 Å². The molecule has 2 nitrogen and oxygen atoms in total.